The van der Waals surface area contributed by atoms with Gasteiger partial charge in [0.05, 0.1) is 5.69 Å². The van der Waals surface area contributed by atoms with Gasteiger partial charge in [-0.15, -0.1) is 5.73 Å². The summed E-state index contributed by atoms with van der Waals surface area (Å²) in [6.07, 6.45) is 13.7. The van der Waals surface area contributed by atoms with Crippen LogP contribution in [0.3, 0.4) is 0 Å². The van der Waals surface area contributed by atoms with E-state index in [1.54, 1.807) is 0 Å². The van der Waals surface area contributed by atoms with Crippen LogP contribution in [0, 0.1) is 0 Å². The van der Waals surface area contributed by atoms with Gasteiger partial charge in [-0.05, 0) is 126 Å². The highest BCUT2D eigenvalue weighted by Gasteiger charge is 2.13. The monoisotopic (exact) mass is 641 g/mol. The molecule has 0 saturated carbocycles. The third-order valence-corrected chi connectivity index (χ3v) is 9.42. The fourth-order valence-corrected chi connectivity index (χ4v) is 6.94. The zero-order valence-corrected chi connectivity index (χ0v) is 28.4. The maximum Gasteiger partial charge on any atom is 0.0661 e. The molecule has 1 heterocycles. The molecule has 0 fully saturated rings. The fraction of sp³-hybridized carbons (Fsp3) is 0.0612. The summed E-state index contributed by atoms with van der Waals surface area (Å²) in [6.45, 7) is 10.0. The first-order valence-electron chi connectivity index (χ1n) is 17.2. The molecule has 0 aliphatic carbocycles. The fourth-order valence-electron chi connectivity index (χ4n) is 6.94. The van der Waals surface area contributed by atoms with E-state index in [4.69, 9.17) is 0 Å². The molecule has 0 unspecified atom stereocenters. The van der Waals surface area contributed by atoms with Gasteiger partial charge in [0.25, 0.3) is 0 Å². The number of fused-ring (bicyclic) bond motifs is 6. The first-order valence-corrected chi connectivity index (χ1v) is 17.2. The summed E-state index contributed by atoms with van der Waals surface area (Å²) in [6, 6.07) is 48.2. The first-order chi connectivity index (χ1) is 24.7. The molecule has 1 heteroatoms. The zero-order chi connectivity index (χ0) is 34.3. The van der Waals surface area contributed by atoms with Gasteiger partial charge in [0, 0.05) is 6.20 Å². The molecule has 0 bridgehead atoms. The predicted octanol–water partition coefficient (Wildman–Crippen LogP) is 13.3. The van der Waals surface area contributed by atoms with Crippen LogP contribution in [0.5, 0.6) is 0 Å². The van der Waals surface area contributed by atoms with Crippen molar-refractivity contribution in [1.29, 1.82) is 0 Å². The number of pyridine rings is 1. The molecule has 0 aliphatic rings. The molecule has 6 aromatic carbocycles. The van der Waals surface area contributed by atoms with Crippen LogP contribution in [0.2, 0.25) is 0 Å². The molecule has 50 heavy (non-hydrogen) atoms. The van der Waals surface area contributed by atoms with E-state index in [1.807, 2.05) is 36.6 Å². The van der Waals surface area contributed by atoms with Crippen molar-refractivity contribution in [2.75, 3.05) is 0 Å². The third kappa shape index (κ3) is 6.56. The number of allylic oxidation sites excluding steroid dienone is 8. The maximum absolute atomic E-state index is 4.62. The van der Waals surface area contributed by atoms with E-state index in [1.165, 1.54) is 65.7 Å². The van der Waals surface area contributed by atoms with Crippen LogP contribution in [-0.2, 0) is 6.42 Å². The van der Waals surface area contributed by atoms with Gasteiger partial charge in [0.1, 0.15) is 0 Å². The highest BCUT2D eigenvalue weighted by Crippen LogP contribution is 2.39. The largest absolute Gasteiger partial charge is 0.257 e. The summed E-state index contributed by atoms with van der Waals surface area (Å²) in [5.41, 5.74) is 13.2. The number of aromatic nitrogens is 1. The van der Waals surface area contributed by atoms with E-state index in [-0.39, 0.29) is 0 Å². The van der Waals surface area contributed by atoms with Crippen LogP contribution < -0.4 is 0 Å². The smallest absolute Gasteiger partial charge is 0.0661 e. The summed E-state index contributed by atoms with van der Waals surface area (Å²) in [4.78, 5) is 4.62. The predicted molar refractivity (Wildman–Crippen MR) is 216 cm³/mol. The van der Waals surface area contributed by atoms with Crippen LogP contribution in [0.15, 0.2) is 200 Å². The van der Waals surface area contributed by atoms with Crippen molar-refractivity contribution in [2.24, 2.45) is 0 Å². The van der Waals surface area contributed by atoms with Crippen molar-refractivity contribution in [3.05, 3.63) is 211 Å². The number of benzene rings is 6. The molecule has 1 nitrogen and oxygen atoms in total. The van der Waals surface area contributed by atoms with Gasteiger partial charge in [-0.3, -0.25) is 4.98 Å². The average molecular weight is 642 g/mol. The quantitative estimate of drug-likeness (QED) is 0.0823. The molecule has 0 radical (unpaired) electrons. The minimum absolute atomic E-state index is 0.763. The van der Waals surface area contributed by atoms with Crippen LogP contribution in [-0.4, -0.2) is 4.98 Å². The Kier molecular flexibility index (Phi) is 9.60. The summed E-state index contributed by atoms with van der Waals surface area (Å²) < 4.78 is 0. The lowest BCUT2D eigenvalue weighted by molar-refractivity contribution is 1.17. The molecule has 0 N–H and O–H groups in total. The highest BCUT2D eigenvalue weighted by molar-refractivity contribution is 6.25. The van der Waals surface area contributed by atoms with Gasteiger partial charge in [-0.1, -0.05) is 147 Å². The van der Waals surface area contributed by atoms with E-state index in [0.717, 1.165) is 29.7 Å². The van der Waals surface area contributed by atoms with Gasteiger partial charge in [0.15, 0.2) is 0 Å². The molecule has 7 rings (SSSR count). The van der Waals surface area contributed by atoms with E-state index < -0.39 is 0 Å². The summed E-state index contributed by atoms with van der Waals surface area (Å²) in [7, 11) is 0. The Morgan fingerprint density at radius 2 is 1.26 bits per heavy atom. The molecule has 0 atom stereocenters. The number of rotatable bonds is 10. The molecular weight excluding hydrogens is 603 g/mol. The van der Waals surface area contributed by atoms with Crippen LogP contribution >= 0.6 is 0 Å². The summed E-state index contributed by atoms with van der Waals surface area (Å²) >= 11 is 0. The maximum atomic E-state index is 4.62. The normalized spacial score (nSPS) is 12.3. The van der Waals surface area contributed by atoms with Crippen molar-refractivity contribution in [3.8, 4) is 22.3 Å². The van der Waals surface area contributed by atoms with Gasteiger partial charge in [0.2, 0.25) is 0 Å². The topological polar surface area (TPSA) is 12.9 Å². The molecule has 1 aromatic heterocycles. The van der Waals surface area contributed by atoms with Gasteiger partial charge < -0.3 is 0 Å². The Balaban J connectivity index is 1.29. The van der Waals surface area contributed by atoms with Crippen LogP contribution in [0.25, 0.3) is 60.1 Å². The standard InChI is InChI=1S/C49H39N/c1-4-7-18-36(5-2)38(33-37(6-3)49-26-14-15-31-50-49)28-27-35-17-16-19-39(32-35)41-20-8-9-21-42(41)40-29-30-47-45-24-11-10-22-43(45)44-23-12-13-25-46(44)48(47)34-40/h5,7-26,28-34H,1-2,6,27H2,3H3/b36-18+,37-33+,38-28+. The van der Waals surface area contributed by atoms with Gasteiger partial charge >= 0.3 is 0 Å². The molecule has 0 aliphatic heterocycles. The molecule has 0 spiro atoms. The summed E-state index contributed by atoms with van der Waals surface area (Å²) in [5.74, 6) is 0. The minimum atomic E-state index is 0.763. The molecular formula is C49H39N. The Labute approximate surface area is 295 Å². The minimum Gasteiger partial charge on any atom is -0.257 e. The number of hydrogen-bond acceptors (Lipinski definition) is 1. The van der Waals surface area contributed by atoms with Crippen LogP contribution in [0.4, 0.5) is 0 Å². The Hall–Kier alpha value is -6.27. The van der Waals surface area contributed by atoms with Crippen molar-refractivity contribution in [2.45, 2.75) is 19.8 Å². The lowest BCUT2D eigenvalue weighted by Crippen LogP contribution is -1.93. The van der Waals surface area contributed by atoms with Crippen molar-refractivity contribution < 1.29 is 0 Å². The second-order valence-electron chi connectivity index (χ2n) is 12.4. The molecule has 7 aromatic rings. The van der Waals surface area contributed by atoms with E-state index in [0.29, 0.717) is 0 Å². The first kappa shape index (κ1) is 32.3. The van der Waals surface area contributed by atoms with E-state index in [9.17, 15) is 0 Å². The average Bonchev–Trinajstić information content (AvgIpc) is 3.19. The van der Waals surface area contributed by atoms with Crippen molar-refractivity contribution in [3.63, 3.8) is 0 Å². The van der Waals surface area contributed by atoms with Gasteiger partial charge in [-0.25, -0.2) is 0 Å². The highest BCUT2D eigenvalue weighted by atomic mass is 14.7. The number of nitrogens with zero attached hydrogens (tertiary/aromatic N) is 1. The lowest BCUT2D eigenvalue weighted by atomic mass is 9.89. The van der Waals surface area contributed by atoms with Gasteiger partial charge in [-0.2, -0.15) is 0 Å². The SMILES string of the molecule is C=C=C/C=C(C=C)/C(=C/Cc1cccc(-c2ccccc2-c2ccc3c4ccccc4c4ccccc4c3c2)c1)/C=C(\CC)c1ccccn1. The van der Waals surface area contributed by atoms with Crippen molar-refractivity contribution in [1.82, 2.24) is 4.98 Å². The molecule has 240 valence electrons. The molecule has 0 saturated heterocycles. The number of hydrogen-bond donors (Lipinski definition) is 0. The Morgan fingerprint density at radius 1 is 0.640 bits per heavy atom. The van der Waals surface area contributed by atoms with Crippen molar-refractivity contribution >= 4 is 37.9 Å². The second-order valence-corrected chi connectivity index (χ2v) is 12.4. The van der Waals surface area contributed by atoms with Crippen LogP contribution in [0.1, 0.15) is 24.6 Å². The Bertz CT molecular complexity index is 2470. The zero-order valence-electron chi connectivity index (χ0n) is 28.4. The third-order valence-electron chi connectivity index (χ3n) is 9.42. The second kappa shape index (κ2) is 14.9. The lowest BCUT2D eigenvalue weighted by Gasteiger charge is -2.15. The molecule has 0 amide bonds. The summed E-state index contributed by atoms with van der Waals surface area (Å²) in [5, 5.41) is 7.72. The van der Waals surface area contributed by atoms with E-state index >= 15 is 0 Å². The Morgan fingerprint density at radius 3 is 1.88 bits per heavy atom. The van der Waals surface area contributed by atoms with E-state index in [2.05, 4.69) is 164 Å².